The number of benzene rings is 2. The minimum absolute atomic E-state index is 0.00676. The highest BCUT2D eigenvalue weighted by atomic mass is 35.5. The predicted octanol–water partition coefficient (Wildman–Crippen LogP) is 5.57. The first-order valence-electron chi connectivity index (χ1n) is 14.0. The number of alkyl halides is 2. The zero-order chi connectivity index (χ0) is 31.4. The fraction of sp³-hybridized carbons (Fsp3) is 0.323. The molecule has 0 bridgehead atoms. The maximum atomic E-state index is 14.6. The van der Waals surface area contributed by atoms with Crippen LogP contribution in [0.15, 0.2) is 66.9 Å². The lowest BCUT2D eigenvalue weighted by Gasteiger charge is -2.32. The first-order valence-corrected chi connectivity index (χ1v) is 14.4. The van der Waals surface area contributed by atoms with E-state index >= 15 is 0 Å². The van der Waals surface area contributed by atoms with Gasteiger partial charge in [-0.15, -0.1) is 0 Å². The van der Waals surface area contributed by atoms with Crippen LogP contribution in [-0.4, -0.2) is 39.8 Å². The second-order valence-electron chi connectivity index (χ2n) is 10.7. The van der Waals surface area contributed by atoms with E-state index in [4.69, 9.17) is 11.6 Å². The second kappa shape index (κ2) is 12.7. The van der Waals surface area contributed by atoms with Crippen molar-refractivity contribution in [2.45, 2.75) is 62.7 Å². The molecule has 2 amide bonds. The number of nitrogens with one attached hydrogen (secondary N) is 1. The average molecular weight is 619 g/mol. The number of aromatic nitrogens is 1. The van der Waals surface area contributed by atoms with E-state index < -0.39 is 36.0 Å². The van der Waals surface area contributed by atoms with Crippen molar-refractivity contribution in [1.29, 1.82) is 10.5 Å². The summed E-state index contributed by atoms with van der Waals surface area (Å²) in [5.41, 5.74) is 0.844. The lowest BCUT2D eigenvalue weighted by Crippen LogP contribution is -2.54. The number of carbonyl (C=O) groups excluding carboxylic acids is 2. The molecule has 10 nitrogen and oxygen atoms in total. The van der Waals surface area contributed by atoms with Crippen molar-refractivity contribution in [1.82, 2.24) is 10.3 Å². The highest BCUT2D eigenvalue weighted by Gasteiger charge is 2.51. The quantitative estimate of drug-likeness (QED) is 0.258. The van der Waals surface area contributed by atoms with Crippen LogP contribution < -0.4 is 15.2 Å². The van der Waals surface area contributed by atoms with E-state index in [0.29, 0.717) is 4.87 Å². The molecule has 2 aromatic carbocycles. The maximum Gasteiger partial charge on any atom is 0.317 e. The van der Waals surface area contributed by atoms with Crippen LogP contribution in [0, 0.1) is 27.6 Å². The molecule has 224 valence electrons. The zero-order valence-electron chi connectivity index (χ0n) is 23.4. The summed E-state index contributed by atoms with van der Waals surface area (Å²) in [4.78, 5) is 47.7. The Morgan fingerprint density at radius 2 is 1.77 bits per heavy atom. The molecule has 1 N–H and O–H groups in total. The number of nitroso groups, excluding NO2 is 1. The first kappa shape index (κ1) is 30.5. The normalized spacial score (nSPS) is 18.6. The molecule has 2 unspecified atom stereocenters. The average Bonchev–Trinajstić information content (AvgIpc) is 3.42. The van der Waals surface area contributed by atoms with Gasteiger partial charge in [-0.25, -0.2) is 18.7 Å². The topological polar surface area (TPSA) is 133 Å². The van der Waals surface area contributed by atoms with Crippen molar-refractivity contribution in [3.63, 3.8) is 0 Å². The number of nitrogens with zero attached hydrogens (tertiary/aromatic N) is 6. The van der Waals surface area contributed by atoms with E-state index in [0.717, 1.165) is 5.01 Å². The second-order valence-corrected chi connectivity index (χ2v) is 11.1. The summed E-state index contributed by atoms with van der Waals surface area (Å²) in [6.07, 6.45) is -0.463. The summed E-state index contributed by atoms with van der Waals surface area (Å²) in [5, 5.41) is 23.2. The van der Waals surface area contributed by atoms with Gasteiger partial charge in [0.1, 0.15) is 16.4 Å². The van der Waals surface area contributed by atoms with Gasteiger partial charge in [-0.3, -0.25) is 9.59 Å². The number of carbonyl (C=O) groups is 2. The Morgan fingerprint density at radius 3 is 2.48 bits per heavy atom. The number of halogens is 3. The van der Waals surface area contributed by atoms with Crippen molar-refractivity contribution in [3.05, 3.63) is 93.5 Å². The van der Waals surface area contributed by atoms with Crippen LogP contribution >= 0.6 is 11.6 Å². The maximum absolute atomic E-state index is 14.6. The van der Waals surface area contributed by atoms with Crippen molar-refractivity contribution in [3.8, 4) is 12.1 Å². The molecule has 1 aliphatic heterocycles. The molecule has 1 saturated heterocycles. The van der Waals surface area contributed by atoms with E-state index in [-0.39, 0.29) is 71.7 Å². The van der Waals surface area contributed by atoms with Gasteiger partial charge in [0.15, 0.2) is 6.04 Å². The lowest BCUT2D eigenvalue weighted by atomic mass is 9.91. The van der Waals surface area contributed by atoms with Gasteiger partial charge in [0, 0.05) is 48.5 Å². The largest absolute Gasteiger partial charge is 0.351 e. The zero-order valence-corrected chi connectivity index (χ0v) is 24.1. The van der Waals surface area contributed by atoms with Crippen LogP contribution in [0.25, 0.3) is 0 Å². The van der Waals surface area contributed by atoms with Crippen LogP contribution in [0.5, 0.6) is 0 Å². The van der Waals surface area contributed by atoms with Gasteiger partial charge < -0.3 is 5.32 Å². The molecule has 2 aliphatic rings. The molecule has 1 aromatic heterocycles. The van der Waals surface area contributed by atoms with E-state index in [1.807, 2.05) is 12.1 Å². The Kier molecular flexibility index (Phi) is 8.83. The number of hydrazine groups is 1. The third kappa shape index (κ3) is 6.36. The summed E-state index contributed by atoms with van der Waals surface area (Å²) in [7, 11) is 0. The third-order valence-electron chi connectivity index (χ3n) is 7.77. The molecule has 0 radical (unpaired) electrons. The molecule has 2 fully saturated rings. The Morgan fingerprint density at radius 1 is 1.07 bits per heavy atom. The molecule has 2 atom stereocenters. The Balaban J connectivity index is 1.61. The predicted molar refractivity (Wildman–Crippen MR) is 156 cm³/mol. The van der Waals surface area contributed by atoms with Crippen molar-refractivity contribution in [2.24, 2.45) is 0 Å². The number of amides is 2. The molecule has 0 spiro atoms. The minimum Gasteiger partial charge on any atom is -0.351 e. The van der Waals surface area contributed by atoms with E-state index in [1.54, 1.807) is 36.4 Å². The van der Waals surface area contributed by atoms with Crippen molar-refractivity contribution in [2.75, 3.05) is 9.91 Å². The smallest absolute Gasteiger partial charge is 0.317 e. The van der Waals surface area contributed by atoms with Crippen LogP contribution in [0.1, 0.15) is 61.3 Å². The molecule has 2 heterocycles. The minimum atomic E-state index is -2.81. The monoisotopic (exact) mass is 618 g/mol. The number of nitriles is 2. The summed E-state index contributed by atoms with van der Waals surface area (Å²) in [6.45, 7) is 0. The standard InChI is InChI=1S/C31H26ClF2N7O3/c32-25-7-2-1-6-24(25)29(30(43)38-22-10-13-31(33,34)14-11-22)40(23-5-3-4-20(16-23)18-35)41(44)27-8-9-28(42)39(27)26-17-21(19-36)12-15-37-26/h1-7,12,15-17,22,27,29H,8-11,13-14H2/p+1. The Hall–Kier alpha value is -4.94. The highest BCUT2D eigenvalue weighted by Crippen LogP contribution is 2.37. The Labute approximate surface area is 257 Å². The van der Waals surface area contributed by atoms with Crippen molar-refractivity contribution >= 4 is 34.9 Å². The van der Waals surface area contributed by atoms with E-state index in [1.165, 1.54) is 35.4 Å². The number of anilines is 2. The van der Waals surface area contributed by atoms with Crippen LogP contribution in [0.3, 0.4) is 0 Å². The number of hydrogen-bond acceptors (Lipinski definition) is 6. The van der Waals surface area contributed by atoms with Gasteiger partial charge in [-0.1, -0.05) is 40.9 Å². The molecule has 1 aliphatic carbocycles. The number of rotatable bonds is 8. The molecule has 44 heavy (non-hydrogen) atoms. The summed E-state index contributed by atoms with van der Waals surface area (Å²) < 4.78 is 27.8. The van der Waals surface area contributed by atoms with E-state index in [2.05, 4.69) is 10.3 Å². The van der Waals surface area contributed by atoms with E-state index in [9.17, 15) is 33.8 Å². The van der Waals surface area contributed by atoms with Gasteiger partial charge in [0.05, 0.1) is 28.2 Å². The molecule has 13 heteroatoms. The third-order valence-corrected chi connectivity index (χ3v) is 8.11. The van der Waals surface area contributed by atoms with Gasteiger partial charge in [0.2, 0.25) is 11.8 Å². The van der Waals surface area contributed by atoms with Gasteiger partial charge in [-0.2, -0.15) is 10.5 Å². The fourth-order valence-corrected chi connectivity index (χ4v) is 5.80. The van der Waals surface area contributed by atoms with Crippen LogP contribution in [-0.2, 0) is 9.59 Å². The molecule has 1 saturated carbocycles. The van der Waals surface area contributed by atoms with Gasteiger partial charge in [0.25, 0.3) is 5.91 Å². The number of pyridine rings is 1. The summed E-state index contributed by atoms with van der Waals surface area (Å²) in [5.74, 6) is -3.80. The van der Waals surface area contributed by atoms with Crippen LogP contribution in [0.2, 0.25) is 5.02 Å². The first-order chi connectivity index (χ1) is 21.1. The van der Waals surface area contributed by atoms with Gasteiger partial charge in [-0.05, 0) is 49.2 Å². The number of hydrogen-bond donors (Lipinski definition) is 1. The molecule has 3 aromatic rings. The lowest BCUT2D eigenvalue weighted by molar-refractivity contribution is -0.598. The summed E-state index contributed by atoms with van der Waals surface area (Å²) in [6, 6.07) is 17.4. The molecular weight excluding hydrogens is 592 g/mol. The van der Waals surface area contributed by atoms with Crippen molar-refractivity contribution < 1.29 is 23.2 Å². The summed E-state index contributed by atoms with van der Waals surface area (Å²) >= 11 is 6.59. The molecular formula is C31H27ClF2N7O3+. The molecule has 5 rings (SSSR count). The fourth-order valence-electron chi connectivity index (χ4n) is 5.56. The Bertz CT molecular complexity index is 1680. The van der Waals surface area contributed by atoms with Crippen LogP contribution in [0.4, 0.5) is 20.3 Å². The highest BCUT2D eigenvalue weighted by molar-refractivity contribution is 6.31. The van der Waals surface area contributed by atoms with Gasteiger partial charge >= 0.3 is 6.17 Å². The SMILES string of the molecule is N#Cc1cccc(N(C(C(=O)NC2CCC(F)(F)CC2)c2ccccc2Cl)[N+](=O)C2CCC(=O)N2c2cc(C#N)ccn2)c1.